The van der Waals surface area contributed by atoms with E-state index < -0.39 is 0 Å². The smallest absolute Gasteiger partial charge is 0.122 e. The van der Waals surface area contributed by atoms with Crippen LogP contribution < -0.4 is 4.74 Å². The number of hydrogen-bond donors (Lipinski definition) is 0. The lowest BCUT2D eigenvalue weighted by Crippen LogP contribution is -2.11. The van der Waals surface area contributed by atoms with E-state index in [1.807, 2.05) is 12.1 Å². The summed E-state index contributed by atoms with van der Waals surface area (Å²) >= 11 is 3.68. The minimum absolute atomic E-state index is 0.571. The van der Waals surface area contributed by atoms with E-state index in [0.717, 1.165) is 23.9 Å². The number of methoxy groups -OCH3 is 1. The minimum Gasteiger partial charge on any atom is -0.496 e. The molecule has 0 N–H and O–H groups in total. The van der Waals surface area contributed by atoms with Crippen molar-refractivity contribution < 1.29 is 4.74 Å². The van der Waals surface area contributed by atoms with Gasteiger partial charge in [0.1, 0.15) is 5.75 Å². The van der Waals surface area contributed by atoms with Crippen LogP contribution in [0, 0.1) is 19.8 Å². The molecule has 0 aromatic heterocycles. The fourth-order valence-corrected chi connectivity index (χ4v) is 3.15. The summed E-state index contributed by atoms with van der Waals surface area (Å²) in [5.74, 6) is 1.56. The van der Waals surface area contributed by atoms with Gasteiger partial charge >= 0.3 is 0 Å². The van der Waals surface area contributed by atoms with Gasteiger partial charge in [-0.1, -0.05) is 57.9 Å². The lowest BCUT2D eigenvalue weighted by molar-refractivity contribution is 0.406. The Labute approximate surface area is 136 Å². The van der Waals surface area contributed by atoms with Crippen LogP contribution in [0.5, 0.6) is 5.75 Å². The van der Waals surface area contributed by atoms with Crippen LogP contribution in [0.25, 0.3) is 0 Å². The molecule has 0 amide bonds. The van der Waals surface area contributed by atoms with Crippen molar-refractivity contribution in [1.29, 1.82) is 0 Å². The van der Waals surface area contributed by atoms with Gasteiger partial charge in [0.15, 0.2) is 0 Å². The van der Waals surface area contributed by atoms with Crippen LogP contribution in [0.3, 0.4) is 0 Å². The molecule has 2 aromatic rings. The number of hydrogen-bond acceptors (Lipinski definition) is 1. The number of aryl methyl sites for hydroxylation is 2. The molecular weight excluding hydrogens is 324 g/mol. The molecular formula is C19H23BrO. The highest BCUT2D eigenvalue weighted by Gasteiger charge is 2.13. The molecule has 0 bridgehead atoms. The van der Waals surface area contributed by atoms with E-state index in [9.17, 15) is 0 Å². The van der Waals surface area contributed by atoms with E-state index in [1.54, 1.807) is 7.11 Å². The summed E-state index contributed by atoms with van der Waals surface area (Å²) in [6.07, 6.45) is 2.12. The maximum Gasteiger partial charge on any atom is 0.122 e. The van der Waals surface area contributed by atoms with E-state index in [2.05, 4.69) is 60.1 Å². The average molecular weight is 347 g/mol. The highest BCUT2D eigenvalue weighted by molar-refractivity contribution is 9.09. The van der Waals surface area contributed by atoms with Crippen LogP contribution in [0.2, 0.25) is 0 Å². The molecule has 21 heavy (non-hydrogen) atoms. The normalized spacial score (nSPS) is 12.2. The Bertz CT molecular complexity index is 592. The van der Waals surface area contributed by atoms with Gasteiger partial charge in [-0.05, 0) is 55.4 Å². The van der Waals surface area contributed by atoms with E-state index >= 15 is 0 Å². The first kappa shape index (κ1) is 16.1. The van der Waals surface area contributed by atoms with Crippen LogP contribution in [0.4, 0.5) is 0 Å². The first-order valence-corrected chi connectivity index (χ1v) is 8.50. The minimum atomic E-state index is 0.571. The number of para-hydroxylation sites is 1. The van der Waals surface area contributed by atoms with Crippen molar-refractivity contribution in [1.82, 2.24) is 0 Å². The standard InChI is InChI=1S/C19H23BrO/c1-14-8-9-15(2)18(10-14)12-16(13-20)11-17-6-4-5-7-19(17)21-3/h4-10,16H,11-13H2,1-3H3. The number of halogens is 1. The van der Waals surface area contributed by atoms with Crippen LogP contribution in [0.15, 0.2) is 42.5 Å². The zero-order valence-corrected chi connectivity index (χ0v) is 14.6. The molecule has 0 aliphatic heterocycles. The summed E-state index contributed by atoms with van der Waals surface area (Å²) in [6.45, 7) is 4.36. The number of alkyl halides is 1. The van der Waals surface area contributed by atoms with Gasteiger partial charge in [-0.15, -0.1) is 0 Å². The van der Waals surface area contributed by atoms with Crippen LogP contribution in [-0.4, -0.2) is 12.4 Å². The molecule has 1 nitrogen and oxygen atoms in total. The molecule has 2 heteroatoms. The maximum absolute atomic E-state index is 5.47. The average Bonchev–Trinajstić information content (AvgIpc) is 2.50. The second kappa shape index (κ2) is 7.65. The van der Waals surface area contributed by atoms with Gasteiger partial charge < -0.3 is 4.74 Å². The van der Waals surface area contributed by atoms with Crippen molar-refractivity contribution in [3.63, 3.8) is 0 Å². The second-order valence-corrected chi connectivity index (χ2v) is 6.32. The van der Waals surface area contributed by atoms with Crippen LogP contribution in [0.1, 0.15) is 22.3 Å². The summed E-state index contributed by atoms with van der Waals surface area (Å²) in [7, 11) is 1.74. The summed E-state index contributed by atoms with van der Waals surface area (Å²) in [6, 6.07) is 15.0. The molecule has 2 rings (SSSR count). The van der Waals surface area contributed by atoms with Gasteiger partial charge in [-0.2, -0.15) is 0 Å². The van der Waals surface area contributed by atoms with Gasteiger partial charge in [0.05, 0.1) is 7.11 Å². The molecule has 0 heterocycles. The fourth-order valence-electron chi connectivity index (χ4n) is 2.70. The molecule has 0 fully saturated rings. The van der Waals surface area contributed by atoms with Gasteiger partial charge in [0.2, 0.25) is 0 Å². The molecule has 1 unspecified atom stereocenters. The number of ether oxygens (including phenoxy) is 1. The highest BCUT2D eigenvalue weighted by atomic mass is 79.9. The Morgan fingerprint density at radius 1 is 1.00 bits per heavy atom. The van der Waals surface area contributed by atoms with E-state index in [1.165, 1.54) is 22.3 Å². The van der Waals surface area contributed by atoms with Crippen molar-refractivity contribution >= 4 is 15.9 Å². The highest BCUT2D eigenvalue weighted by Crippen LogP contribution is 2.25. The Balaban J connectivity index is 2.15. The van der Waals surface area contributed by atoms with Gasteiger partial charge in [-0.25, -0.2) is 0 Å². The Morgan fingerprint density at radius 2 is 1.71 bits per heavy atom. The van der Waals surface area contributed by atoms with Gasteiger partial charge in [0, 0.05) is 5.33 Å². The van der Waals surface area contributed by atoms with Crippen molar-refractivity contribution in [3.05, 3.63) is 64.7 Å². The van der Waals surface area contributed by atoms with Gasteiger partial charge in [-0.3, -0.25) is 0 Å². The van der Waals surface area contributed by atoms with E-state index in [4.69, 9.17) is 4.74 Å². The van der Waals surface area contributed by atoms with E-state index in [0.29, 0.717) is 5.92 Å². The Morgan fingerprint density at radius 3 is 2.43 bits per heavy atom. The lowest BCUT2D eigenvalue weighted by atomic mass is 9.91. The van der Waals surface area contributed by atoms with Crippen LogP contribution >= 0.6 is 15.9 Å². The zero-order chi connectivity index (χ0) is 15.2. The summed E-state index contributed by atoms with van der Waals surface area (Å²) in [5.41, 5.74) is 5.46. The lowest BCUT2D eigenvalue weighted by Gasteiger charge is -2.18. The van der Waals surface area contributed by atoms with Crippen LogP contribution in [-0.2, 0) is 12.8 Å². The molecule has 2 aromatic carbocycles. The number of rotatable bonds is 6. The molecule has 0 aliphatic carbocycles. The zero-order valence-electron chi connectivity index (χ0n) is 13.0. The van der Waals surface area contributed by atoms with Crippen molar-refractivity contribution in [3.8, 4) is 5.75 Å². The fraction of sp³-hybridized carbons (Fsp3) is 0.368. The largest absolute Gasteiger partial charge is 0.496 e. The summed E-state index contributed by atoms with van der Waals surface area (Å²) in [4.78, 5) is 0. The number of benzene rings is 2. The van der Waals surface area contributed by atoms with Gasteiger partial charge in [0.25, 0.3) is 0 Å². The quantitative estimate of drug-likeness (QED) is 0.660. The molecule has 112 valence electrons. The molecule has 0 radical (unpaired) electrons. The molecule has 0 saturated heterocycles. The summed E-state index contributed by atoms with van der Waals surface area (Å²) < 4.78 is 5.47. The molecule has 0 aliphatic rings. The predicted molar refractivity (Wildman–Crippen MR) is 93.6 cm³/mol. The first-order chi connectivity index (χ1) is 10.1. The molecule has 1 atom stereocenters. The topological polar surface area (TPSA) is 9.23 Å². The molecule has 0 saturated carbocycles. The van der Waals surface area contributed by atoms with E-state index in [-0.39, 0.29) is 0 Å². The molecule has 0 spiro atoms. The Kier molecular flexibility index (Phi) is 5.86. The SMILES string of the molecule is COc1ccccc1CC(CBr)Cc1cc(C)ccc1C. The third-order valence-corrected chi connectivity index (χ3v) is 4.85. The van der Waals surface area contributed by atoms with Crippen molar-refractivity contribution in [2.45, 2.75) is 26.7 Å². The maximum atomic E-state index is 5.47. The third-order valence-electron chi connectivity index (χ3n) is 3.93. The Hall–Kier alpha value is -1.28. The first-order valence-electron chi connectivity index (χ1n) is 7.38. The summed E-state index contributed by atoms with van der Waals surface area (Å²) in [5, 5.41) is 0.998. The predicted octanol–water partition coefficient (Wildman–Crippen LogP) is 5.11. The van der Waals surface area contributed by atoms with Crippen molar-refractivity contribution in [2.75, 3.05) is 12.4 Å². The third kappa shape index (κ3) is 4.34. The monoisotopic (exact) mass is 346 g/mol. The van der Waals surface area contributed by atoms with Crippen molar-refractivity contribution in [2.24, 2.45) is 5.92 Å². The second-order valence-electron chi connectivity index (χ2n) is 5.67.